The van der Waals surface area contributed by atoms with Gasteiger partial charge in [-0.15, -0.1) is 0 Å². The van der Waals surface area contributed by atoms with Crippen LogP contribution < -0.4 is 14.2 Å². The molecule has 0 fully saturated rings. The number of esters is 1. The number of carbonyl (C=O) groups is 2. The number of nitrogens with zero attached hydrogens (tertiary/aromatic N) is 1. The molecule has 0 N–H and O–H groups in total. The van der Waals surface area contributed by atoms with Gasteiger partial charge in [-0.1, -0.05) is 0 Å². The van der Waals surface area contributed by atoms with Crippen LogP contribution in [0.25, 0.3) is 6.08 Å². The largest absolute Gasteiger partial charge is 0.493 e. The van der Waals surface area contributed by atoms with E-state index in [2.05, 4.69) is 0 Å². The second-order valence-electron chi connectivity index (χ2n) is 5.10. The third-order valence-corrected chi connectivity index (χ3v) is 3.18. The lowest BCUT2D eigenvalue weighted by Gasteiger charge is -2.16. The highest BCUT2D eigenvalue weighted by Gasteiger charge is 2.18. The van der Waals surface area contributed by atoms with E-state index in [4.69, 9.17) is 18.9 Å². The van der Waals surface area contributed by atoms with E-state index in [1.165, 1.54) is 39.2 Å². The van der Waals surface area contributed by atoms with Crippen LogP contribution >= 0.6 is 0 Å². The number of amides is 1. The fourth-order valence-electron chi connectivity index (χ4n) is 1.99. The highest BCUT2D eigenvalue weighted by Crippen LogP contribution is 2.38. The fraction of sp³-hybridized carbons (Fsp3) is 0.412. The molecule has 132 valence electrons. The molecule has 0 heterocycles. The maximum Gasteiger partial charge on any atom is 0.331 e. The van der Waals surface area contributed by atoms with Crippen LogP contribution in [0, 0.1) is 0 Å². The number of benzene rings is 1. The molecular weight excluding hydrogens is 314 g/mol. The third-order valence-electron chi connectivity index (χ3n) is 3.18. The Morgan fingerprint density at radius 3 is 2.00 bits per heavy atom. The van der Waals surface area contributed by atoms with Gasteiger partial charge in [0.25, 0.3) is 5.91 Å². The van der Waals surface area contributed by atoms with Gasteiger partial charge in [-0.25, -0.2) is 4.79 Å². The van der Waals surface area contributed by atoms with Crippen molar-refractivity contribution in [3.8, 4) is 17.2 Å². The van der Waals surface area contributed by atoms with Gasteiger partial charge in [-0.3, -0.25) is 4.79 Å². The van der Waals surface area contributed by atoms with Crippen LogP contribution in [0.3, 0.4) is 0 Å². The van der Waals surface area contributed by atoms with Crippen LogP contribution in [-0.2, 0) is 14.3 Å². The van der Waals surface area contributed by atoms with Gasteiger partial charge in [0.2, 0.25) is 5.75 Å². The summed E-state index contributed by atoms with van der Waals surface area (Å²) in [5.41, 5.74) is 0.660. The first-order valence-corrected chi connectivity index (χ1v) is 7.23. The van der Waals surface area contributed by atoms with Gasteiger partial charge in [0, 0.05) is 20.2 Å². The summed E-state index contributed by atoms with van der Waals surface area (Å²) in [6.07, 6.45) is 1.93. The van der Waals surface area contributed by atoms with E-state index in [0.29, 0.717) is 22.8 Å². The summed E-state index contributed by atoms with van der Waals surface area (Å²) < 4.78 is 20.8. The van der Waals surface area contributed by atoms with Crippen molar-refractivity contribution < 1.29 is 28.5 Å². The molecule has 0 aliphatic heterocycles. The topological polar surface area (TPSA) is 74.3 Å². The number of hydrogen-bond acceptors (Lipinski definition) is 6. The van der Waals surface area contributed by atoms with Crippen LogP contribution in [0.15, 0.2) is 18.2 Å². The first kappa shape index (κ1) is 19.3. The fourth-order valence-corrected chi connectivity index (χ4v) is 1.99. The monoisotopic (exact) mass is 337 g/mol. The average molecular weight is 337 g/mol. The maximum absolute atomic E-state index is 11.8. The number of methoxy groups -OCH3 is 3. The molecule has 1 aromatic carbocycles. The number of hydrogen-bond donors (Lipinski definition) is 0. The molecule has 0 aliphatic carbocycles. The van der Waals surface area contributed by atoms with Gasteiger partial charge in [0.1, 0.15) is 0 Å². The van der Waals surface area contributed by atoms with Crippen LogP contribution in [0.4, 0.5) is 0 Å². The Bertz CT molecular complexity index is 599. The smallest absolute Gasteiger partial charge is 0.331 e. The molecule has 24 heavy (non-hydrogen) atoms. The standard InChI is InChI=1S/C17H23NO6/c1-11(17(20)18(2)3)24-15(19)8-7-12-9-13(21-4)16(23-6)14(10-12)22-5/h7-11H,1-6H3/b8-7+/t11-/m0/s1. The van der Waals surface area contributed by atoms with Gasteiger partial charge in [0.05, 0.1) is 21.3 Å². The minimum atomic E-state index is -0.850. The van der Waals surface area contributed by atoms with Crippen LogP contribution in [0.1, 0.15) is 12.5 Å². The molecule has 0 radical (unpaired) electrons. The van der Waals surface area contributed by atoms with Crippen molar-refractivity contribution in [2.24, 2.45) is 0 Å². The molecule has 0 saturated heterocycles. The lowest BCUT2D eigenvalue weighted by Crippen LogP contribution is -2.34. The van der Waals surface area contributed by atoms with Crippen molar-refractivity contribution in [3.05, 3.63) is 23.8 Å². The summed E-state index contributed by atoms with van der Waals surface area (Å²) in [4.78, 5) is 24.8. The first-order valence-electron chi connectivity index (χ1n) is 7.23. The molecule has 0 aromatic heterocycles. The SMILES string of the molecule is COc1cc(/C=C/C(=O)O[C@@H](C)C(=O)N(C)C)cc(OC)c1OC. The van der Waals surface area contributed by atoms with E-state index < -0.39 is 12.1 Å². The Kier molecular flexibility index (Phi) is 7.10. The quantitative estimate of drug-likeness (QED) is 0.557. The minimum Gasteiger partial charge on any atom is -0.493 e. The summed E-state index contributed by atoms with van der Waals surface area (Å²) in [7, 11) is 7.72. The van der Waals surface area contributed by atoms with E-state index in [9.17, 15) is 9.59 Å². The molecule has 1 aromatic rings. The van der Waals surface area contributed by atoms with Gasteiger partial charge in [-0.05, 0) is 30.7 Å². The maximum atomic E-state index is 11.8. The molecule has 0 bridgehead atoms. The highest BCUT2D eigenvalue weighted by molar-refractivity contribution is 5.90. The zero-order valence-electron chi connectivity index (χ0n) is 14.8. The predicted octanol–water partition coefficient (Wildman–Crippen LogP) is 1.75. The summed E-state index contributed by atoms with van der Waals surface area (Å²) in [5, 5.41) is 0. The van der Waals surface area contributed by atoms with Crippen LogP contribution in [0.5, 0.6) is 17.2 Å². The molecule has 0 unspecified atom stereocenters. The Labute approximate surface area is 141 Å². The normalized spacial score (nSPS) is 11.8. The lowest BCUT2D eigenvalue weighted by molar-refractivity contribution is -0.153. The van der Waals surface area contributed by atoms with E-state index in [1.54, 1.807) is 32.3 Å². The summed E-state index contributed by atoms with van der Waals surface area (Å²) in [6, 6.07) is 3.39. The molecule has 0 spiro atoms. The number of carbonyl (C=O) groups excluding carboxylic acids is 2. The molecule has 0 saturated carbocycles. The first-order chi connectivity index (χ1) is 11.3. The van der Waals surface area contributed by atoms with Gasteiger partial charge in [0.15, 0.2) is 17.6 Å². The Balaban J connectivity index is 2.90. The molecule has 7 nitrogen and oxygen atoms in total. The zero-order valence-corrected chi connectivity index (χ0v) is 14.8. The Morgan fingerprint density at radius 2 is 1.58 bits per heavy atom. The van der Waals surface area contributed by atoms with Crippen LogP contribution in [0.2, 0.25) is 0 Å². The van der Waals surface area contributed by atoms with Crippen molar-refractivity contribution in [2.75, 3.05) is 35.4 Å². The second kappa shape index (κ2) is 8.81. The second-order valence-corrected chi connectivity index (χ2v) is 5.10. The van der Waals surface area contributed by atoms with Crippen molar-refractivity contribution in [3.63, 3.8) is 0 Å². The van der Waals surface area contributed by atoms with E-state index in [0.717, 1.165) is 0 Å². The molecular formula is C17H23NO6. The summed E-state index contributed by atoms with van der Waals surface area (Å²) in [6.45, 7) is 1.52. The molecule has 7 heteroatoms. The van der Waals surface area contributed by atoms with E-state index in [-0.39, 0.29) is 5.91 Å². The summed E-state index contributed by atoms with van der Waals surface area (Å²) in [5.74, 6) is 0.503. The molecule has 1 atom stereocenters. The van der Waals surface area contributed by atoms with Gasteiger partial charge >= 0.3 is 5.97 Å². The Hall–Kier alpha value is -2.70. The molecule has 0 aliphatic rings. The lowest BCUT2D eigenvalue weighted by atomic mass is 10.1. The van der Waals surface area contributed by atoms with E-state index >= 15 is 0 Å². The number of ether oxygens (including phenoxy) is 4. The van der Waals surface area contributed by atoms with Gasteiger partial charge in [-0.2, -0.15) is 0 Å². The van der Waals surface area contributed by atoms with Gasteiger partial charge < -0.3 is 23.8 Å². The number of rotatable bonds is 7. The minimum absolute atomic E-state index is 0.287. The Morgan fingerprint density at radius 1 is 1.04 bits per heavy atom. The molecule has 1 rings (SSSR count). The number of likely N-dealkylation sites (N-methyl/N-ethyl adjacent to an activating group) is 1. The molecule has 1 amide bonds. The third kappa shape index (κ3) is 4.91. The summed E-state index contributed by atoms with van der Waals surface area (Å²) >= 11 is 0. The highest BCUT2D eigenvalue weighted by atomic mass is 16.5. The van der Waals surface area contributed by atoms with Crippen molar-refractivity contribution >= 4 is 18.0 Å². The van der Waals surface area contributed by atoms with E-state index in [1.807, 2.05) is 0 Å². The van der Waals surface area contributed by atoms with Crippen molar-refractivity contribution in [2.45, 2.75) is 13.0 Å². The predicted molar refractivity (Wildman–Crippen MR) is 89.4 cm³/mol. The zero-order chi connectivity index (χ0) is 18.3. The average Bonchev–Trinajstić information content (AvgIpc) is 2.57. The van der Waals surface area contributed by atoms with Crippen molar-refractivity contribution in [1.29, 1.82) is 0 Å². The van der Waals surface area contributed by atoms with Crippen LogP contribution in [-0.4, -0.2) is 58.3 Å². The van der Waals surface area contributed by atoms with Crippen molar-refractivity contribution in [1.82, 2.24) is 4.90 Å².